The average molecular weight is 244 g/mol. The van der Waals surface area contributed by atoms with E-state index in [2.05, 4.69) is 0 Å². The van der Waals surface area contributed by atoms with Crippen LogP contribution in [-0.2, 0) is 16.8 Å². The molecule has 0 aromatic heterocycles. The van der Waals surface area contributed by atoms with Gasteiger partial charge in [0.2, 0.25) is 0 Å². The zero-order chi connectivity index (χ0) is 11.8. The Morgan fingerprint density at radius 2 is 2.19 bits per heavy atom. The zero-order valence-electron chi connectivity index (χ0n) is 9.22. The van der Waals surface area contributed by atoms with Crippen molar-refractivity contribution in [1.29, 1.82) is 0 Å². The third-order valence-corrected chi connectivity index (χ3v) is 3.45. The average Bonchev–Trinajstić information content (AvgIpc) is 3.04. The molecule has 88 valence electrons. The number of hydrogen-bond donors (Lipinski definition) is 1. The normalized spacial score (nSPS) is 17.5. The summed E-state index contributed by atoms with van der Waals surface area (Å²) in [6.45, 7) is 0.705. The summed E-state index contributed by atoms with van der Waals surface area (Å²) < 4.78 is 19.1. The van der Waals surface area contributed by atoms with Crippen molar-refractivity contribution in [3.63, 3.8) is 0 Å². The topological polar surface area (TPSA) is 35.2 Å². The molecule has 0 heterocycles. The molecule has 2 nitrogen and oxygen atoms in total. The van der Waals surface area contributed by atoms with Crippen LogP contribution in [0.25, 0.3) is 0 Å². The van der Waals surface area contributed by atoms with Crippen LogP contribution >= 0.6 is 11.6 Å². The monoisotopic (exact) mass is 243 g/mol. The highest BCUT2D eigenvalue weighted by Crippen LogP contribution is 2.49. The number of halogens is 2. The highest BCUT2D eigenvalue weighted by molar-refractivity contribution is 6.30. The molecule has 16 heavy (non-hydrogen) atoms. The third-order valence-electron chi connectivity index (χ3n) is 3.23. The lowest BCUT2D eigenvalue weighted by atomic mass is 9.94. The molecule has 1 saturated carbocycles. The number of nitrogens with two attached hydrogens (primary N) is 1. The van der Waals surface area contributed by atoms with E-state index in [0.29, 0.717) is 22.7 Å². The van der Waals surface area contributed by atoms with Crippen LogP contribution in [0.15, 0.2) is 12.1 Å². The van der Waals surface area contributed by atoms with Crippen molar-refractivity contribution in [3.05, 3.63) is 34.1 Å². The Kier molecular flexibility index (Phi) is 3.19. The van der Waals surface area contributed by atoms with Gasteiger partial charge in [0.05, 0.1) is 6.61 Å². The fraction of sp³-hybridized carbons (Fsp3) is 0.500. The van der Waals surface area contributed by atoms with Crippen LogP contribution in [0.4, 0.5) is 4.39 Å². The van der Waals surface area contributed by atoms with Crippen molar-refractivity contribution < 1.29 is 9.13 Å². The quantitative estimate of drug-likeness (QED) is 0.882. The minimum Gasteiger partial charge on any atom is -0.380 e. The van der Waals surface area contributed by atoms with E-state index in [-0.39, 0.29) is 17.8 Å². The molecule has 1 fully saturated rings. The third kappa shape index (κ3) is 1.95. The number of rotatable bonds is 4. The summed E-state index contributed by atoms with van der Waals surface area (Å²) in [6.07, 6.45) is 1.88. The Hall–Kier alpha value is -0.640. The number of hydrogen-bond acceptors (Lipinski definition) is 2. The van der Waals surface area contributed by atoms with Crippen molar-refractivity contribution >= 4 is 11.6 Å². The molecule has 0 unspecified atom stereocenters. The van der Waals surface area contributed by atoms with Crippen LogP contribution in [0, 0.1) is 5.82 Å². The Morgan fingerprint density at radius 1 is 1.50 bits per heavy atom. The van der Waals surface area contributed by atoms with Gasteiger partial charge in [-0.3, -0.25) is 0 Å². The van der Waals surface area contributed by atoms with Gasteiger partial charge in [0.25, 0.3) is 0 Å². The Labute approximate surface area is 99.5 Å². The molecule has 1 aromatic rings. The molecular weight excluding hydrogens is 229 g/mol. The summed E-state index contributed by atoms with van der Waals surface area (Å²) >= 11 is 5.99. The molecule has 0 spiro atoms. The molecule has 2 rings (SSSR count). The molecule has 0 aliphatic heterocycles. The second-order valence-electron chi connectivity index (χ2n) is 4.34. The molecule has 0 bridgehead atoms. The van der Waals surface area contributed by atoms with Gasteiger partial charge >= 0.3 is 0 Å². The Bertz CT molecular complexity index is 404. The van der Waals surface area contributed by atoms with Crippen LogP contribution < -0.4 is 5.73 Å². The second kappa shape index (κ2) is 4.32. The molecule has 1 aromatic carbocycles. The van der Waals surface area contributed by atoms with Crippen LogP contribution in [-0.4, -0.2) is 13.7 Å². The highest BCUT2D eigenvalue weighted by atomic mass is 35.5. The standard InChI is InChI=1S/C12H15ClFNO/c1-16-6-8-4-9(13)5-10(11(8)14)12(7-15)2-3-12/h4-5H,2-3,6-7,15H2,1H3. The van der Waals surface area contributed by atoms with Gasteiger partial charge in [-0.05, 0) is 30.5 Å². The van der Waals surface area contributed by atoms with Crippen LogP contribution in [0.5, 0.6) is 0 Å². The molecular formula is C12H15ClFNO. The first-order valence-corrected chi connectivity index (χ1v) is 5.68. The van der Waals surface area contributed by atoms with Gasteiger partial charge in [0.1, 0.15) is 5.82 Å². The second-order valence-corrected chi connectivity index (χ2v) is 4.78. The molecule has 4 heteroatoms. The van der Waals surface area contributed by atoms with E-state index in [9.17, 15) is 4.39 Å². The Morgan fingerprint density at radius 3 is 2.69 bits per heavy atom. The van der Waals surface area contributed by atoms with E-state index in [4.69, 9.17) is 22.1 Å². The van der Waals surface area contributed by atoms with Crippen LogP contribution in [0.3, 0.4) is 0 Å². The first kappa shape index (κ1) is 11.8. The maximum atomic E-state index is 14.2. The molecule has 2 N–H and O–H groups in total. The van der Waals surface area contributed by atoms with E-state index < -0.39 is 0 Å². The van der Waals surface area contributed by atoms with E-state index in [0.717, 1.165) is 12.8 Å². The molecule has 1 aliphatic rings. The maximum absolute atomic E-state index is 14.2. The van der Waals surface area contributed by atoms with Crippen molar-refractivity contribution in [1.82, 2.24) is 0 Å². The van der Waals surface area contributed by atoms with Crippen molar-refractivity contribution in [2.75, 3.05) is 13.7 Å². The fourth-order valence-corrected chi connectivity index (χ4v) is 2.27. The van der Waals surface area contributed by atoms with Gasteiger partial charge in [0.15, 0.2) is 0 Å². The van der Waals surface area contributed by atoms with Crippen molar-refractivity contribution in [3.8, 4) is 0 Å². The van der Waals surface area contributed by atoms with E-state index in [1.165, 1.54) is 7.11 Å². The summed E-state index contributed by atoms with van der Waals surface area (Å²) in [5, 5.41) is 0.545. The lowest BCUT2D eigenvalue weighted by molar-refractivity contribution is 0.181. The highest BCUT2D eigenvalue weighted by Gasteiger charge is 2.45. The summed E-state index contributed by atoms with van der Waals surface area (Å²) in [6, 6.07) is 3.30. The first-order chi connectivity index (χ1) is 7.63. The van der Waals surface area contributed by atoms with Gasteiger partial charge in [-0.15, -0.1) is 0 Å². The minimum atomic E-state index is -0.214. The Balaban J connectivity index is 2.45. The van der Waals surface area contributed by atoms with Gasteiger partial charge in [0, 0.05) is 29.7 Å². The van der Waals surface area contributed by atoms with Crippen molar-refractivity contribution in [2.24, 2.45) is 5.73 Å². The van der Waals surface area contributed by atoms with Crippen LogP contribution in [0.1, 0.15) is 24.0 Å². The largest absolute Gasteiger partial charge is 0.380 e. The predicted molar refractivity (Wildman–Crippen MR) is 62.1 cm³/mol. The van der Waals surface area contributed by atoms with Crippen molar-refractivity contribution in [2.45, 2.75) is 24.9 Å². The number of methoxy groups -OCH3 is 1. The summed E-state index contributed by atoms with van der Waals surface area (Å²) in [5.41, 5.74) is 6.67. The van der Waals surface area contributed by atoms with Gasteiger partial charge in [-0.2, -0.15) is 0 Å². The minimum absolute atomic E-state index is 0.183. The molecule has 0 saturated heterocycles. The smallest absolute Gasteiger partial charge is 0.132 e. The van der Waals surface area contributed by atoms with Gasteiger partial charge in [-0.1, -0.05) is 11.6 Å². The predicted octanol–water partition coefficient (Wildman–Crippen LogP) is 2.62. The molecule has 0 atom stereocenters. The van der Waals surface area contributed by atoms with E-state index in [1.54, 1.807) is 12.1 Å². The number of ether oxygens (including phenoxy) is 1. The van der Waals surface area contributed by atoms with Crippen LogP contribution in [0.2, 0.25) is 5.02 Å². The van der Waals surface area contributed by atoms with Gasteiger partial charge in [-0.25, -0.2) is 4.39 Å². The first-order valence-electron chi connectivity index (χ1n) is 5.30. The summed E-state index contributed by atoms with van der Waals surface area (Å²) in [5.74, 6) is -0.214. The SMILES string of the molecule is COCc1cc(Cl)cc(C2(CN)CC2)c1F. The molecule has 0 amide bonds. The fourth-order valence-electron chi connectivity index (χ4n) is 2.03. The molecule has 1 aliphatic carbocycles. The van der Waals surface area contributed by atoms with E-state index in [1.807, 2.05) is 0 Å². The van der Waals surface area contributed by atoms with E-state index >= 15 is 0 Å². The van der Waals surface area contributed by atoms with Gasteiger partial charge < -0.3 is 10.5 Å². The summed E-state index contributed by atoms with van der Waals surface area (Å²) in [4.78, 5) is 0. The maximum Gasteiger partial charge on any atom is 0.132 e. The number of benzene rings is 1. The lowest BCUT2D eigenvalue weighted by Crippen LogP contribution is -2.21. The molecule has 0 radical (unpaired) electrons. The lowest BCUT2D eigenvalue weighted by Gasteiger charge is -2.16. The zero-order valence-corrected chi connectivity index (χ0v) is 9.98. The summed E-state index contributed by atoms with van der Waals surface area (Å²) in [7, 11) is 1.54.